The number of likely N-dealkylation sites (N-methyl/N-ethyl adjacent to an activating group) is 1. The van der Waals surface area contributed by atoms with Crippen LogP contribution in [0.4, 0.5) is 0 Å². The summed E-state index contributed by atoms with van der Waals surface area (Å²) in [5.41, 5.74) is 6.64. The van der Waals surface area contributed by atoms with Crippen molar-refractivity contribution in [2.45, 2.75) is 38.8 Å². The molecule has 0 amide bonds. The Hall–Kier alpha value is -0.160. The lowest BCUT2D eigenvalue weighted by Gasteiger charge is -2.60. The molecule has 1 saturated carbocycles. The largest absolute Gasteiger partial charge is 0.378 e. The number of rotatable bonds is 4. The highest BCUT2D eigenvalue weighted by atomic mass is 16.5. The lowest BCUT2D eigenvalue weighted by molar-refractivity contribution is -0.157. The van der Waals surface area contributed by atoms with Gasteiger partial charge in [-0.15, -0.1) is 0 Å². The van der Waals surface area contributed by atoms with Crippen LogP contribution in [0, 0.1) is 5.41 Å². The zero-order chi connectivity index (χ0) is 13.4. The first kappa shape index (κ1) is 14.3. The van der Waals surface area contributed by atoms with E-state index in [-0.39, 0.29) is 11.0 Å². The van der Waals surface area contributed by atoms with Crippen LogP contribution in [0.15, 0.2) is 0 Å². The van der Waals surface area contributed by atoms with Crippen molar-refractivity contribution >= 4 is 0 Å². The van der Waals surface area contributed by atoms with Gasteiger partial charge in [0.25, 0.3) is 0 Å². The van der Waals surface area contributed by atoms with E-state index in [9.17, 15) is 0 Å². The first-order valence-corrected chi connectivity index (χ1v) is 7.20. The molecule has 0 radical (unpaired) electrons. The third-order valence-corrected chi connectivity index (χ3v) is 5.11. The average molecular weight is 255 g/mol. The van der Waals surface area contributed by atoms with Gasteiger partial charge in [-0.25, -0.2) is 0 Å². The summed E-state index contributed by atoms with van der Waals surface area (Å²) in [4.78, 5) is 4.90. The van der Waals surface area contributed by atoms with E-state index in [0.29, 0.717) is 6.10 Å². The van der Waals surface area contributed by atoms with Crippen LogP contribution in [0.1, 0.15) is 27.2 Å². The molecule has 0 aromatic heterocycles. The monoisotopic (exact) mass is 255 g/mol. The first-order chi connectivity index (χ1) is 8.39. The van der Waals surface area contributed by atoms with Gasteiger partial charge in [0.2, 0.25) is 0 Å². The second-order valence-corrected chi connectivity index (χ2v) is 6.61. The van der Waals surface area contributed by atoms with Gasteiger partial charge in [-0.3, -0.25) is 4.90 Å². The third kappa shape index (κ3) is 2.44. The highest BCUT2D eigenvalue weighted by Gasteiger charge is 2.58. The Morgan fingerprint density at radius 2 is 1.83 bits per heavy atom. The molecule has 1 saturated heterocycles. The van der Waals surface area contributed by atoms with Crippen molar-refractivity contribution < 1.29 is 4.74 Å². The summed E-state index contributed by atoms with van der Waals surface area (Å²) < 4.78 is 5.79. The van der Waals surface area contributed by atoms with Crippen LogP contribution >= 0.6 is 0 Å². The Labute approximate surface area is 111 Å². The molecule has 2 atom stereocenters. The van der Waals surface area contributed by atoms with Crippen molar-refractivity contribution in [1.29, 1.82) is 0 Å². The van der Waals surface area contributed by atoms with Crippen molar-refractivity contribution in [2.24, 2.45) is 11.1 Å². The maximum absolute atomic E-state index is 6.63. The van der Waals surface area contributed by atoms with E-state index in [1.807, 2.05) is 0 Å². The fraction of sp³-hybridized carbons (Fsp3) is 1.00. The fourth-order valence-electron chi connectivity index (χ4n) is 3.18. The molecule has 2 fully saturated rings. The predicted molar refractivity (Wildman–Crippen MR) is 74.7 cm³/mol. The van der Waals surface area contributed by atoms with E-state index in [4.69, 9.17) is 10.5 Å². The highest BCUT2D eigenvalue weighted by molar-refractivity contribution is 5.14. The quantitative estimate of drug-likeness (QED) is 0.805. The van der Waals surface area contributed by atoms with Crippen LogP contribution in [0.2, 0.25) is 0 Å². The number of nitrogens with zero attached hydrogens (tertiary/aromatic N) is 2. The molecule has 0 bridgehead atoms. The Balaban J connectivity index is 1.89. The van der Waals surface area contributed by atoms with Crippen molar-refractivity contribution in [1.82, 2.24) is 9.80 Å². The van der Waals surface area contributed by atoms with E-state index in [1.54, 1.807) is 0 Å². The second kappa shape index (κ2) is 5.08. The standard InChI is InChI=1S/C14H29N3O/c1-5-18-12-10-14(15,13(12,2)3)11-17-8-6-16(4)7-9-17/h12H,5-11,15H2,1-4H3. The fourth-order valence-corrected chi connectivity index (χ4v) is 3.18. The Kier molecular flexibility index (Phi) is 4.02. The smallest absolute Gasteiger partial charge is 0.0662 e. The van der Waals surface area contributed by atoms with Crippen LogP contribution in [0.5, 0.6) is 0 Å². The van der Waals surface area contributed by atoms with Crippen LogP contribution in [-0.2, 0) is 4.74 Å². The van der Waals surface area contributed by atoms with E-state index < -0.39 is 0 Å². The summed E-state index contributed by atoms with van der Waals surface area (Å²) in [6.07, 6.45) is 1.33. The summed E-state index contributed by atoms with van der Waals surface area (Å²) >= 11 is 0. The van der Waals surface area contributed by atoms with Crippen molar-refractivity contribution in [2.75, 3.05) is 46.4 Å². The lowest BCUT2D eigenvalue weighted by Crippen LogP contribution is -2.74. The SMILES string of the molecule is CCOC1CC(N)(CN2CCN(C)CC2)C1(C)C. The molecular formula is C14H29N3O. The van der Waals surface area contributed by atoms with Gasteiger partial charge in [-0.05, 0) is 20.4 Å². The molecule has 0 aromatic carbocycles. The number of hydrogen-bond donors (Lipinski definition) is 1. The summed E-state index contributed by atoms with van der Waals surface area (Å²) in [6.45, 7) is 13.0. The lowest BCUT2D eigenvalue weighted by atomic mass is 9.54. The maximum atomic E-state index is 6.63. The predicted octanol–water partition coefficient (Wildman–Crippen LogP) is 0.766. The summed E-state index contributed by atoms with van der Waals surface area (Å²) in [7, 11) is 2.19. The molecule has 18 heavy (non-hydrogen) atoms. The van der Waals surface area contributed by atoms with E-state index in [2.05, 4.69) is 37.6 Å². The summed E-state index contributed by atoms with van der Waals surface area (Å²) in [5.74, 6) is 0. The average Bonchev–Trinajstić information content (AvgIpc) is 2.32. The zero-order valence-corrected chi connectivity index (χ0v) is 12.4. The van der Waals surface area contributed by atoms with Gasteiger partial charge >= 0.3 is 0 Å². The van der Waals surface area contributed by atoms with Crippen LogP contribution in [-0.4, -0.2) is 67.8 Å². The maximum Gasteiger partial charge on any atom is 0.0662 e. The third-order valence-electron chi connectivity index (χ3n) is 5.11. The summed E-state index contributed by atoms with van der Waals surface area (Å²) in [6, 6.07) is 0. The number of hydrogen-bond acceptors (Lipinski definition) is 4. The molecule has 106 valence electrons. The van der Waals surface area contributed by atoms with Crippen molar-refractivity contribution in [3.05, 3.63) is 0 Å². The molecule has 1 aliphatic carbocycles. The molecule has 0 aromatic rings. The molecule has 2 N–H and O–H groups in total. The van der Waals surface area contributed by atoms with Crippen molar-refractivity contribution in [3.63, 3.8) is 0 Å². The minimum absolute atomic E-state index is 0.0806. The van der Waals surface area contributed by atoms with E-state index in [0.717, 1.165) is 45.8 Å². The Morgan fingerprint density at radius 1 is 1.22 bits per heavy atom. The van der Waals surface area contributed by atoms with E-state index >= 15 is 0 Å². The molecule has 4 nitrogen and oxygen atoms in total. The van der Waals surface area contributed by atoms with Gasteiger partial charge in [0.1, 0.15) is 0 Å². The van der Waals surface area contributed by atoms with Gasteiger partial charge in [0.05, 0.1) is 6.10 Å². The topological polar surface area (TPSA) is 41.7 Å². The van der Waals surface area contributed by atoms with Crippen LogP contribution in [0.25, 0.3) is 0 Å². The second-order valence-electron chi connectivity index (χ2n) is 6.61. The van der Waals surface area contributed by atoms with Gasteiger partial charge in [0.15, 0.2) is 0 Å². The molecule has 2 aliphatic rings. The number of ether oxygens (including phenoxy) is 1. The molecule has 2 rings (SSSR count). The van der Waals surface area contributed by atoms with Crippen molar-refractivity contribution in [3.8, 4) is 0 Å². The van der Waals surface area contributed by atoms with Gasteiger partial charge in [-0.2, -0.15) is 0 Å². The number of piperazine rings is 1. The minimum atomic E-state index is -0.0806. The molecule has 0 spiro atoms. The Bertz CT molecular complexity index is 287. The van der Waals surface area contributed by atoms with Gasteiger partial charge in [-0.1, -0.05) is 13.8 Å². The minimum Gasteiger partial charge on any atom is -0.378 e. The normalized spacial score (nSPS) is 37.5. The van der Waals surface area contributed by atoms with Crippen LogP contribution in [0.3, 0.4) is 0 Å². The molecule has 2 unspecified atom stereocenters. The molecule has 1 aliphatic heterocycles. The van der Waals surface area contributed by atoms with Crippen LogP contribution < -0.4 is 5.73 Å². The number of nitrogens with two attached hydrogens (primary N) is 1. The summed E-state index contributed by atoms with van der Waals surface area (Å²) in [5, 5.41) is 0. The van der Waals surface area contributed by atoms with Gasteiger partial charge < -0.3 is 15.4 Å². The Morgan fingerprint density at radius 3 is 2.33 bits per heavy atom. The molecule has 1 heterocycles. The molecule has 4 heteroatoms. The molecular weight excluding hydrogens is 226 g/mol. The highest BCUT2D eigenvalue weighted by Crippen LogP contribution is 2.50. The first-order valence-electron chi connectivity index (χ1n) is 7.20. The van der Waals surface area contributed by atoms with Gasteiger partial charge in [0, 0.05) is 50.3 Å². The zero-order valence-electron chi connectivity index (χ0n) is 12.4. The van der Waals surface area contributed by atoms with E-state index in [1.165, 1.54) is 0 Å².